The number of amides is 2. The SMILES string of the molecule is O=C(O)c1ccccc1C(=O)Nc1c(F)cc(-c2cccc(OC(F)F)c2)cc1Cl.O=C(O)c1ccccc1C(=O)Nc1c(F)cc(-c2cccc(OC(F)F)c2)cc1F. The van der Waals surface area contributed by atoms with Crippen LogP contribution in [0.2, 0.25) is 5.02 Å². The summed E-state index contributed by atoms with van der Waals surface area (Å²) in [5, 5.41) is 22.5. The number of rotatable bonds is 12. The summed E-state index contributed by atoms with van der Waals surface area (Å²) in [4.78, 5) is 47.3. The summed E-state index contributed by atoms with van der Waals surface area (Å²) in [5.74, 6) is -8.00. The van der Waals surface area contributed by atoms with Gasteiger partial charge in [0.25, 0.3) is 11.8 Å². The van der Waals surface area contributed by atoms with Gasteiger partial charge in [-0.15, -0.1) is 0 Å². The molecule has 0 aromatic heterocycles. The van der Waals surface area contributed by atoms with Gasteiger partial charge in [-0.3, -0.25) is 9.59 Å². The first-order valence-corrected chi connectivity index (χ1v) is 17.3. The van der Waals surface area contributed by atoms with Crippen molar-refractivity contribution >= 4 is 46.7 Å². The minimum absolute atomic E-state index is 0.0219. The molecule has 0 saturated carbocycles. The largest absolute Gasteiger partial charge is 0.478 e. The fraction of sp³-hybridized carbons (Fsp3) is 0.0476. The molecule has 0 aliphatic heterocycles. The predicted molar refractivity (Wildman–Crippen MR) is 205 cm³/mol. The van der Waals surface area contributed by atoms with E-state index in [1.165, 1.54) is 97.1 Å². The lowest BCUT2D eigenvalue weighted by atomic mass is 10.0. The number of carbonyl (C=O) groups is 4. The van der Waals surface area contributed by atoms with Gasteiger partial charge in [0.05, 0.1) is 33.0 Å². The molecule has 10 nitrogen and oxygen atoms in total. The Kier molecular flexibility index (Phi) is 14.1. The molecule has 2 amide bonds. The van der Waals surface area contributed by atoms with E-state index in [1.54, 1.807) is 6.07 Å². The number of halogens is 8. The van der Waals surface area contributed by atoms with Crippen LogP contribution in [0.15, 0.2) is 121 Å². The average molecular weight is 855 g/mol. The molecule has 6 aromatic rings. The summed E-state index contributed by atoms with van der Waals surface area (Å²) >= 11 is 6.12. The first kappa shape index (κ1) is 43.7. The maximum absolute atomic E-state index is 14.7. The molecule has 60 heavy (non-hydrogen) atoms. The number of aromatic carboxylic acids is 2. The van der Waals surface area contributed by atoms with Gasteiger partial charge in [-0.05, 0) is 95.1 Å². The Morgan fingerprint density at radius 2 is 0.850 bits per heavy atom. The van der Waals surface area contributed by atoms with Crippen LogP contribution in [0.3, 0.4) is 0 Å². The zero-order valence-electron chi connectivity index (χ0n) is 30.1. The van der Waals surface area contributed by atoms with Crippen LogP contribution in [0, 0.1) is 17.5 Å². The summed E-state index contributed by atoms with van der Waals surface area (Å²) in [6, 6.07) is 25.7. The average Bonchev–Trinajstić information content (AvgIpc) is 3.20. The van der Waals surface area contributed by atoms with Crippen molar-refractivity contribution in [2.45, 2.75) is 13.2 Å². The van der Waals surface area contributed by atoms with Gasteiger partial charge >= 0.3 is 25.2 Å². The third-order valence-electron chi connectivity index (χ3n) is 8.15. The topological polar surface area (TPSA) is 151 Å². The molecule has 0 fully saturated rings. The highest BCUT2D eigenvalue weighted by Crippen LogP contribution is 2.34. The molecule has 0 heterocycles. The highest BCUT2D eigenvalue weighted by molar-refractivity contribution is 6.34. The van der Waals surface area contributed by atoms with Gasteiger partial charge in [0.1, 0.15) is 34.6 Å². The summed E-state index contributed by atoms with van der Waals surface area (Å²) < 4.78 is 102. The molecular weight excluding hydrogens is 829 g/mol. The quantitative estimate of drug-likeness (QED) is 0.0888. The van der Waals surface area contributed by atoms with E-state index >= 15 is 0 Å². The molecule has 0 unspecified atom stereocenters. The molecule has 0 radical (unpaired) electrons. The van der Waals surface area contributed by atoms with Crippen LogP contribution in [0.25, 0.3) is 22.3 Å². The molecular formula is C42H26ClF7N2O8. The van der Waals surface area contributed by atoms with E-state index in [1.807, 2.05) is 5.32 Å². The van der Waals surface area contributed by atoms with E-state index < -0.39 is 60.1 Å². The van der Waals surface area contributed by atoms with Crippen molar-refractivity contribution in [2.24, 2.45) is 0 Å². The number of carbonyl (C=O) groups excluding carboxylic acids is 2. The van der Waals surface area contributed by atoms with Gasteiger partial charge < -0.3 is 30.3 Å². The second-order valence-electron chi connectivity index (χ2n) is 12.1. The lowest BCUT2D eigenvalue weighted by Gasteiger charge is -2.13. The lowest BCUT2D eigenvalue weighted by molar-refractivity contribution is -0.0505. The number of benzene rings is 6. The van der Waals surface area contributed by atoms with Crippen LogP contribution in [0.4, 0.5) is 42.1 Å². The van der Waals surface area contributed by atoms with Crippen LogP contribution in [0.5, 0.6) is 11.5 Å². The van der Waals surface area contributed by atoms with Crippen LogP contribution in [-0.4, -0.2) is 47.2 Å². The molecule has 0 spiro atoms. The van der Waals surface area contributed by atoms with E-state index in [4.69, 9.17) is 16.7 Å². The number of hydrogen-bond donors (Lipinski definition) is 4. The number of carboxylic acid groups (broad SMARTS) is 2. The van der Waals surface area contributed by atoms with Gasteiger partial charge in [-0.1, -0.05) is 60.1 Å². The second kappa shape index (κ2) is 19.4. The Labute approximate surface area is 339 Å². The smallest absolute Gasteiger partial charge is 0.387 e. The molecule has 0 atom stereocenters. The third-order valence-corrected chi connectivity index (χ3v) is 8.45. The van der Waals surface area contributed by atoms with Crippen molar-refractivity contribution in [2.75, 3.05) is 10.6 Å². The summed E-state index contributed by atoms with van der Waals surface area (Å²) in [5.41, 5.74) is -1.28. The summed E-state index contributed by atoms with van der Waals surface area (Å²) in [6.07, 6.45) is 0. The Balaban J connectivity index is 0.000000228. The molecule has 6 aromatic carbocycles. The van der Waals surface area contributed by atoms with Gasteiger partial charge in [0.15, 0.2) is 0 Å². The molecule has 0 aliphatic carbocycles. The maximum atomic E-state index is 14.7. The molecule has 0 aliphatic rings. The van der Waals surface area contributed by atoms with Crippen LogP contribution in [0.1, 0.15) is 41.4 Å². The number of carboxylic acids is 2. The highest BCUT2D eigenvalue weighted by atomic mass is 35.5. The first-order valence-electron chi connectivity index (χ1n) is 16.9. The van der Waals surface area contributed by atoms with Crippen molar-refractivity contribution in [1.82, 2.24) is 0 Å². The Morgan fingerprint density at radius 1 is 0.483 bits per heavy atom. The monoisotopic (exact) mass is 854 g/mol. The Bertz CT molecular complexity index is 2370. The van der Waals surface area contributed by atoms with E-state index in [-0.39, 0.29) is 61.2 Å². The normalized spacial score (nSPS) is 10.7. The van der Waals surface area contributed by atoms with Gasteiger partial charge in [-0.2, -0.15) is 17.6 Å². The third kappa shape index (κ3) is 11.0. The van der Waals surface area contributed by atoms with E-state index in [0.717, 1.165) is 18.2 Å². The van der Waals surface area contributed by atoms with Gasteiger partial charge in [0.2, 0.25) is 0 Å². The minimum atomic E-state index is -3.06. The number of hydrogen-bond acceptors (Lipinski definition) is 6. The zero-order valence-corrected chi connectivity index (χ0v) is 30.8. The molecule has 0 bridgehead atoms. The molecule has 6 rings (SSSR count). The summed E-state index contributed by atoms with van der Waals surface area (Å²) in [7, 11) is 0. The number of nitrogens with one attached hydrogen (secondary N) is 2. The predicted octanol–water partition coefficient (Wildman–Crippen LogP) is 10.9. The van der Waals surface area contributed by atoms with Gasteiger partial charge in [-0.25, -0.2) is 22.8 Å². The minimum Gasteiger partial charge on any atom is -0.478 e. The number of alkyl halides is 4. The highest BCUT2D eigenvalue weighted by Gasteiger charge is 2.22. The van der Waals surface area contributed by atoms with Crippen molar-refractivity contribution < 1.29 is 69.6 Å². The molecule has 0 saturated heterocycles. The number of anilines is 2. The van der Waals surface area contributed by atoms with Crippen LogP contribution in [-0.2, 0) is 0 Å². The zero-order chi connectivity index (χ0) is 43.7. The molecule has 308 valence electrons. The van der Waals surface area contributed by atoms with Crippen molar-refractivity contribution in [3.05, 3.63) is 166 Å². The molecule has 18 heteroatoms. The number of ether oxygens (including phenoxy) is 2. The van der Waals surface area contributed by atoms with E-state index in [2.05, 4.69) is 14.8 Å². The van der Waals surface area contributed by atoms with E-state index in [0.29, 0.717) is 5.56 Å². The van der Waals surface area contributed by atoms with Crippen LogP contribution < -0.4 is 20.1 Å². The van der Waals surface area contributed by atoms with Crippen LogP contribution >= 0.6 is 11.6 Å². The first-order chi connectivity index (χ1) is 28.5. The standard InChI is InChI=1S/C21H13ClF3NO4.C21H13F4NO4/c2*22-16-9-12(11-4-3-5-13(8-11)30-21(24)25)10-17(23)18(16)26-19(27)14-6-1-2-7-15(14)20(28)29/h2*1-10,21H,(H,26,27)(H,28,29). The second-order valence-corrected chi connectivity index (χ2v) is 12.5. The van der Waals surface area contributed by atoms with Crippen molar-refractivity contribution in [3.63, 3.8) is 0 Å². The van der Waals surface area contributed by atoms with E-state index in [9.17, 15) is 55.0 Å². The van der Waals surface area contributed by atoms with Crippen molar-refractivity contribution in [3.8, 4) is 33.8 Å². The molecule has 4 N–H and O–H groups in total. The fourth-order valence-corrected chi connectivity index (χ4v) is 5.77. The Hall–Kier alpha value is -7.40. The maximum Gasteiger partial charge on any atom is 0.387 e. The Morgan fingerprint density at radius 3 is 1.23 bits per heavy atom. The lowest BCUT2D eigenvalue weighted by Crippen LogP contribution is -2.18. The fourth-order valence-electron chi connectivity index (χ4n) is 5.52. The van der Waals surface area contributed by atoms with Gasteiger partial charge in [0, 0.05) is 0 Å². The van der Waals surface area contributed by atoms with Crippen molar-refractivity contribution in [1.29, 1.82) is 0 Å². The summed E-state index contributed by atoms with van der Waals surface area (Å²) in [6.45, 7) is -6.06.